The molecule has 0 saturated carbocycles. The Labute approximate surface area is 141 Å². The van der Waals surface area contributed by atoms with Gasteiger partial charge < -0.3 is 14.2 Å². The molecule has 0 spiro atoms. The highest BCUT2D eigenvalue weighted by Gasteiger charge is 2.21. The van der Waals surface area contributed by atoms with E-state index < -0.39 is 4.92 Å². The Balaban J connectivity index is 1.66. The number of aryl methyl sites for hydroxylation is 1. The van der Waals surface area contributed by atoms with E-state index in [2.05, 4.69) is 0 Å². The number of hydrogen-bond acceptors (Lipinski definition) is 7. The average molecular weight is 349 g/mol. The van der Waals surface area contributed by atoms with Gasteiger partial charge in [0.15, 0.2) is 6.79 Å². The molecule has 1 aromatic heterocycles. The van der Waals surface area contributed by atoms with Crippen LogP contribution >= 0.6 is 11.3 Å². The van der Waals surface area contributed by atoms with Gasteiger partial charge in [0.05, 0.1) is 18.0 Å². The fourth-order valence-corrected chi connectivity index (χ4v) is 3.11. The summed E-state index contributed by atoms with van der Waals surface area (Å²) in [6.45, 7) is 0.244. The first-order valence-electron chi connectivity index (χ1n) is 7.32. The summed E-state index contributed by atoms with van der Waals surface area (Å²) < 4.78 is 15.8. The highest BCUT2D eigenvalue weighted by Crippen LogP contribution is 2.33. The van der Waals surface area contributed by atoms with Crippen LogP contribution in [0.25, 0.3) is 0 Å². The van der Waals surface area contributed by atoms with Crippen LogP contribution in [-0.4, -0.2) is 17.7 Å². The second kappa shape index (κ2) is 7.41. The molecule has 1 aliphatic heterocycles. The molecule has 1 aliphatic rings. The van der Waals surface area contributed by atoms with Crippen LogP contribution in [0.2, 0.25) is 0 Å². The first-order chi connectivity index (χ1) is 11.6. The molecule has 24 heavy (non-hydrogen) atoms. The Bertz CT molecular complexity index is 743. The lowest BCUT2D eigenvalue weighted by Gasteiger charge is -2.20. The molecule has 0 atom stereocenters. The van der Waals surface area contributed by atoms with Crippen molar-refractivity contribution in [1.29, 1.82) is 0 Å². The zero-order valence-corrected chi connectivity index (χ0v) is 13.5. The number of hydrogen-bond donors (Lipinski definition) is 0. The van der Waals surface area contributed by atoms with Crippen LogP contribution in [0.4, 0.5) is 5.69 Å². The molecule has 2 heterocycles. The lowest BCUT2D eigenvalue weighted by Crippen LogP contribution is -2.15. The fraction of sp³-hybridized carbons (Fsp3) is 0.312. The van der Waals surface area contributed by atoms with Crippen molar-refractivity contribution in [2.75, 3.05) is 6.79 Å². The van der Waals surface area contributed by atoms with Crippen LogP contribution in [-0.2, 0) is 33.9 Å². The van der Waals surface area contributed by atoms with Gasteiger partial charge in [0, 0.05) is 28.1 Å². The standard InChI is InChI=1S/C16H15NO6S/c18-15(4-3-14-2-1-5-24-14)22-9-12-7-13(17(19)20)6-11-8-21-10-23-16(11)12/h1-2,5-7H,3-4,8-10H2. The van der Waals surface area contributed by atoms with Crippen molar-refractivity contribution in [1.82, 2.24) is 0 Å². The molecular weight excluding hydrogens is 334 g/mol. The van der Waals surface area contributed by atoms with E-state index in [1.54, 1.807) is 11.3 Å². The molecular formula is C16H15NO6S. The number of esters is 1. The number of non-ortho nitro benzene ring substituents is 1. The van der Waals surface area contributed by atoms with Gasteiger partial charge in [-0.05, 0) is 17.9 Å². The predicted molar refractivity (Wildman–Crippen MR) is 85.8 cm³/mol. The van der Waals surface area contributed by atoms with E-state index in [9.17, 15) is 14.9 Å². The molecule has 126 valence electrons. The molecule has 0 saturated heterocycles. The summed E-state index contributed by atoms with van der Waals surface area (Å²) in [6.07, 6.45) is 0.884. The minimum atomic E-state index is -0.489. The van der Waals surface area contributed by atoms with Crippen molar-refractivity contribution in [2.24, 2.45) is 0 Å². The van der Waals surface area contributed by atoms with E-state index in [1.165, 1.54) is 12.1 Å². The lowest BCUT2D eigenvalue weighted by molar-refractivity contribution is -0.385. The summed E-state index contributed by atoms with van der Waals surface area (Å²) >= 11 is 1.59. The second-order valence-electron chi connectivity index (χ2n) is 5.20. The monoisotopic (exact) mass is 349 g/mol. The maximum atomic E-state index is 11.9. The highest BCUT2D eigenvalue weighted by atomic mass is 32.1. The normalized spacial score (nSPS) is 13.0. The topological polar surface area (TPSA) is 87.9 Å². The van der Waals surface area contributed by atoms with Crippen molar-refractivity contribution in [3.8, 4) is 5.75 Å². The quantitative estimate of drug-likeness (QED) is 0.452. The molecule has 3 rings (SSSR count). The van der Waals surface area contributed by atoms with Gasteiger partial charge in [-0.1, -0.05) is 6.07 Å². The minimum Gasteiger partial charge on any atom is -0.467 e. The predicted octanol–water partition coefficient (Wildman–Crippen LogP) is 3.20. The van der Waals surface area contributed by atoms with Gasteiger partial charge in [-0.15, -0.1) is 11.3 Å². The Morgan fingerprint density at radius 2 is 2.29 bits per heavy atom. The van der Waals surface area contributed by atoms with Gasteiger partial charge >= 0.3 is 5.97 Å². The smallest absolute Gasteiger partial charge is 0.306 e. The average Bonchev–Trinajstić information content (AvgIpc) is 3.11. The summed E-state index contributed by atoms with van der Waals surface area (Å²) in [4.78, 5) is 23.5. The van der Waals surface area contributed by atoms with E-state index in [0.717, 1.165) is 4.88 Å². The van der Waals surface area contributed by atoms with Crippen LogP contribution in [0.5, 0.6) is 5.75 Å². The SMILES string of the molecule is O=C(CCc1cccs1)OCc1cc([N+](=O)[O-])cc2c1OCOC2. The van der Waals surface area contributed by atoms with Crippen LogP contribution in [0.1, 0.15) is 22.4 Å². The first-order valence-corrected chi connectivity index (χ1v) is 8.20. The van der Waals surface area contributed by atoms with E-state index >= 15 is 0 Å². The van der Waals surface area contributed by atoms with Crippen LogP contribution in [0.15, 0.2) is 29.6 Å². The molecule has 0 fully saturated rings. The number of nitrogens with zero attached hydrogens (tertiary/aromatic N) is 1. The Kier molecular flexibility index (Phi) is 5.07. The van der Waals surface area contributed by atoms with E-state index in [0.29, 0.717) is 23.3 Å². The van der Waals surface area contributed by atoms with E-state index in [1.807, 2.05) is 17.5 Å². The van der Waals surface area contributed by atoms with Crippen LogP contribution in [0, 0.1) is 10.1 Å². The Morgan fingerprint density at radius 3 is 3.04 bits per heavy atom. The molecule has 0 N–H and O–H groups in total. The molecule has 0 bridgehead atoms. The molecule has 2 aromatic rings. The van der Waals surface area contributed by atoms with Gasteiger partial charge in [0.1, 0.15) is 12.4 Å². The van der Waals surface area contributed by atoms with E-state index in [-0.39, 0.29) is 38.1 Å². The van der Waals surface area contributed by atoms with Crippen molar-refractivity contribution in [3.05, 3.63) is 55.8 Å². The largest absolute Gasteiger partial charge is 0.467 e. The highest BCUT2D eigenvalue weighted by molar-refractivity contribution is 7.09. The molecule has 1 aromatic carbocycles. The third-order valence-corrected chi connectivity index (χ3v) is 4.46. The molecule has 0 amide bonds. The number of nitro groups is 1. The summed E-state index contributed by atoms with van der Waals surface area (Å²) in [7, 11) is 0. The number of rotatable bonds is 6. The van der Waals surface area contributed by atoms with Crippen molar-refractivity contribution >= 4 is 23.0 Å². The molecule has 0 aliphatic carbocycles. The van der Waals surface area contributed by atoms with Crippen LogP contribution in [0.3, 0.4) is 0 Å². The summed E-state index contributed by atoms with van der Waals surface area (Å²) in [6, 6.07) is 6.68. The number of thiophene rings is 1. The van der Waals surface area contributed by atoms with Gasteiger partial charge in [-0.25, -0.2) is 0 Å². The van der Waals surface area contributed by atoms with Gasteiger partial charge in [-0.3, -0.25) is 14.9 Å². The summed E-state index contributed by atoms with van der Waals surface area (Å²) in [5, 5.41) is 13.0. The third-order valence-electron chi connectivity index (χ3n) is 3.53. The lowest BCUT2D eigenvalue weighted by atomic mass is 10.1. The third kappa shape index (κ3) is 3.90. The summed E-state index contributed by atoms with van der Waals surface area (Å²) in [5.41, 5.74) is 0.986. The Morgan fingerprint density at radius 1 is 1.42 bits per heavy atom. The molecule has 8 heteroatoms. The number of nitro benzene ring substituents is 1. The van der Waals surface area contributed by atoms with Gasteiger partial charge in [0.25, 0.3) is 5.69 Å². The number of ether oxygens (including phenoxy) is 3. The maximum absolute atomic E-state index is 11.9. The summed E-state index contributed by atoms with van der Waals surface area (Å²) in [5.74, 6) is 0.147. The number of benzene rings is 1. The zero-order valence-electron chi connectivity index (χ0n) is 12.7. The maximum Gasteiger partial charge on any atom is 0.306 e. The molecule has 7 nitrogen and oxygen atoms in total. The van der Waals surface area contributed by atoms with Crippen molar-refractivity contribution in [2.45, 2.75) is 26.1 Å². The number of fused-ring (bicyclic) bond motifs is 1. The number of carbonyl (C=O) groups is 1. The van der Waals surface area contributed by atoms with Crippen LogP contribution < -0.4 is 4.74 Å². The van der Waals surface area contributed by atoms with Gasteiger partial charge in [-0.2, -0.15) is 0 Å². The van der Waals surface area contributed by atoms with Crippen molar-refractivity contribution < 1.29 is 23.9 Å². The fourth-order valence-electron chi connectivity index (χ4n) is 2.40. The second-order valence-corrected chi connectivity index (χ2v) is 6.23. The zero-order chi connectivity index (χ0) is 16.9. The van der Waals surface area contributed by atoms with Crippen molar-refractivity contribution in [3.63, 3.8) is 0 Å². The number of carbonyl (C=O) groups excluding carboxylic acids is 1. The van der Waals surface area contributed by atoms with E-state index in [4.69, 9.17) is 14.2 Å². The molecule has 0 unspecified atom stereocenters. The molecule has 0 radical (unpaired) electrons. The minimum absolute atomic E-state index is 0.0622. The van der Waals surface area contributed by atoms with Gasteiger partial charge in [0.2, 0.25) is 0 Å². The Hall–Kier alpha value is -2.45. The first kappa shape index (κ1) is 16.4.